The Kier molecular flexibility index (Phi) is 6.57. The molecule has 0 saturated carbocycles. The van der Waals surface area contributed by atoms with Crippen molar-refractivity contribution < 1.29 is 4.79 Å². The van der Waals surface area contributed by atoms with Gasteiger partial charge in [-0.25, -0.2) is 9.78 Å². The average Bonchev–Trinajstić information content (AvgIpc) is 2.47. The molecule has 134 valence electrons. The maximum Gasteiger partial charge on any atom is 0.320 e. The number of nitrogens with one attached hydrogen (secondary N) is 2. The number of rotatable bonds is 5. The molecule has 1 aliphatic rings. The van der Waals surface area contributed by atoms with Crippen LogP contribution < -0.4 is 10.6 Å². The Morgan fingerprint density at radius 2 is 1.88 bits per heavy atom. The van der Waals surface area contributed by atoms with Crippen molar-refractivity contribution in [3.05, 3.63) is 23.4 Å². The molecule has 2 rings (SSSR count). The molecule has 24 heavy (non-hydrogen) atoms. The topological polar surface area (TPSA) is 60.5 Å². The molecule has 6 nitrogen and oxygen atoms in total. The summed E-state index contributed by atoms with van der Waals surface area (Å²) in [6.45, 7) is 13.3. The molecular formula is C18H31N5O. The number of likely N-dealkylation sites (N-methyl/N-ethyl adjacent to an activating group) is 1. The minimum absolute atomic E-state index is 0.188. The molecule has 0 bridgehead atoms. The number of nitrogens with zero attached hydrogens (tertiary/aromatic N) is 3. The summed E-state index contributed by atoms with van der Waals surface area (Å²) in [4.78, 5) is 21.4. The number of hydrogen-bond donors (Lipinski definition) is 2. The molecule has 2 N–H and O–H groups in total. The number of anilines is 1. The van der Waals surface area contributed by atoms with E-state index in [2.05, 4.69) is 46.3 Å². The van der Waals surface area contributed by atoms with Gasteiger partial charge >= 0.3 is 6.03 Å². The molecule has 1 unspecified atom stereocenters. The average molecular weight is 333 g/mol. The lowest BCUT2D eigenvalue weighted by molar-refractivity contribution is 0.0890. The molecule has 2 amide bonds. The summed E-state index contributed by atoms with van der Waals surface area (Å²) in [6.07, 6.45) is 0. The zero-order valence-electron chi connectivity index (χ0n) is 15.6. The van der Waals surface area contributed by atoms with Crippen molar-refractivity contribution in [3.8, 4) is 0 Å². The zero-order valence-corrected chi connectivity index (χ0v) is 15.6. The number of pyridine rings is 1. The number of carbonyl (C=O) groups excluding carboxylic acids is 1. The normalized spacial score (nSPS) is 17.8. The number of piperazine rings is 1. The van der Waals surface area contributed by atoms with Gasteiger partial charge in [-0.1, -0.05) is 13.8 Å². The van der Waals surface area contributed by atoms with Gasteiger partial charge in [0.1, 0.15) is 5.82 Å². The van der Waals surface area contributed by atoms with Gasteiger partial charge in [0.05, 0.1) is 0 Å². The van der Waals surface area contributed by atoms with Crippen LogP contribution in [-0.2, 0) is 0 Å². The molecule has 1 aliphatic heterocycles. The molecule has 6 heteroatoms. The van der Waals surface area contributed by atoms with E-state index in [4.69, 9.17) is 0 Å². The third-order valence-electron chi connectivity index (χ3n) is 4.59. The van der Waals surface area contributed by atoms with Crippen LogP contribution in [0.3, 0.4) is 0 Å². The first-order valence-corrected chi connectivity index (χ1v) is 8.78. The predicted octanol–water partition coefficient (Wildman–Crippen LogP) is 2.09. The highest BCUT2D eigenvalue weighted by atomic mass is 16.2. The maximum atomic E-state index is 12.2. The Bertz CT molecular complexity index is 532. The van der Waals surface area contributed by atoms with Crippen molar-refractivity contribution in [1.82, 2.24) is 20.1 Å². The van der Waals surface area contributed by atoms with Crippen LogP contribution in [0.4, 0.5) is 10.6 Å². The molecule has 1 aromatic heterocycles. The van der Waals surface area contributed by atoms with Gasteiger partial charge in [0.25, 0.3) is 0 Å². The van der Waals surface area contributed by atoms with E-state index in [0.29, 0.717) is 24.3 Å². The maximum absolute atomic E-state index is 12.2. The second-order valence-corrected chi connectivity index (χ2v) is 7.16. The van der Waals surface area contributed by atoms with Crippen LogP contribution in [-0.4, -0.2) is 66.6 Å². The minimum Gasteiger partial charge on any atom is -0.336 e. The first kappa shape index (κ1) is 18.7. The fraction of sp³-hybridized carbons (Fsp3) is 0.667. The van der Waals surface area contributed by atoms with E-state index in [1.54, 1.807) is 0 Å². The molecule has 0 spiro atoms. The lowest BCUT2D eigenvalue weighted by Gasteiger charge is -2.39. The van der Waals surface area contributed by atoms with Crippen LogP contribution in [0.1, 0.15) is 25.1 Å². The molecule has 0 aliphatic carbocycles. The molecule has 1 saturated heterocycles. The quantitative estimate of drug-likeness (QED) is 0.866. The van der Waals surface area contributed by atoms with Gasteiger partial charge in [-0.3, -0.25) is 10.2 Å². The van der Waals surface area contributed by atoms with E-state index in [1.807, 2.05) is 26.0 Å². The highest BCUT2D eigenvalue weighted by molar-refractivity contribution is 5.88. The largest absolute Gasteiger partial charge is 0.336 e. The summed E-state index contributed by atoms with van der Waals surface area (Å²) < 4.78 is 0. The SMILES string of the molecule is Cc1cc(C)nc(NC(=O)NCC(C(C)C)N2CCN(C)CC2)c1. The van der Waals surface area contributed by atoms with Crippen molar-refractivity contribution in [2.24, 2.45) is 5.92 Å². The molecule has 1 atom stereocenters. The van der Waals surface area contributed by atoms with Crippen LogP contribution in [0.15, 0.2) is 12.1 Å². The second-order valence-electron chi connectivity index (χ2n) is 7.16. The van der Waals surface area contributed by atoms with Crippen molar-refractivity contribution >= 4 is 11.8 Å². The summed E-state index contributed by atoms with van der Waals surface area (Å²) in [5.41, 5.74) is 2.00. The van der Waals surface area contributed by atoms with E-state index >= 15 is 0 Å². The predicted molar refractivity (Wildman–Crippen MR) is 98.4 cm³/mol. The van der Waals surface area contributed by atoms with Gasteiger partial charge < -0.3 is 10.2 Å². The lowest BCUT2D eigenvalue weighted by Crippen LogP contribution is -2.54. The van der Waals surface area contributed by atoms with Gasteiger partial charge in [-0.05, 0) is 44.5 Å². The van der Waals surface area contributed by atoms with Crippen molar-refractivity contribution in [2.75, 3.05) is 45.1 Å². The van der Waals surface area contributed by atoms with E-state index in [1.165, 1.54) is 0 Å². The molecule has 1 aromatic rings. The first-order valence-electron chi connectivity index (χ1n) is 8.78. The Hall–Kier alpha value is -1.66. The number of hydrogen-bond acceptors (Lipinski definition) is 4. The second kappa shape index (κ2) is 8.44. The summed E-state index contributed by atoms with van der Waals surface area (Å²) in [5.74, 6) is 1.10. The Morgan fingerprint density at radius 3 is 2.46 bits per heavy atom. The van der Waals surface area contributed by atoms with Gasteiger partial charge in [0.2, 0.25) is 0 Å². The van der Waals surface area contributed by atoms with E-state index < -0.39 is 0 Å². The highest BCUT2D eigenvalue weighted by Gasteiger charge is 2.25. The van der Waals surface area contributed by atoms with Crippen molar-refractivity contribution in [1.29, 1.82) is 0 Å². The third-order valence-corrected chi connectivity index (χ3v) is 4.59. The summed E-state index contributed by atoms with van der Waals surface area (Å²) in [6, 6.07) is 4.04. The molecular weight excluding hydrogens is 302 g/mol. The molecule has 0 aromatic carbocycles. The first-order chi connectivity index (χ1) is 11.3. The molecule has 2 heterocycles. The Labute approximate surface area is 145 Å². The van der Waals surface area contributed by atoms with Crippen LogP contribution in [0, 0.1) is 19.8 Å². The standard InChI is InChI=1S/C18H31N5O/c1-13(2)16(23-8-6-22(5)7-9-23)12-19-18(24)21-17-11-14(3)10-15(4)20-17/h10-11,13,16H,6-9,12H2,1-5H3,(H2,19,20,21,24). The summed E-state index contributed by atoms with van der Waals surface area (Å²) >= 11 is 0. The van der Waals surface area contributed by atoms with Gasteiger partial charge in [-0.2, -0.15) is 0 Å². The van der Waals surface area contributed by atoms with Crippen LogP contribution in [0.2, 0.25) is 0 Å². The van der Waals surface area contributed by atoms with Crippen LogP contribution >= 0.6 is 0 Å². The monoisotopic (exact) mass is 333 g/mol. The fourth-order valence-corrected chi connectivity index (χ4v) is 3.20. The van der Waals surface area contributed by atoms with Gasteiger partial charge in [-0.15, -0.1) is 0 Å². The number of aromatic nitrogens is 1. The summed E-state index contributed by atoms with van der Waals surface area (Å²) in [7, 11) is 2.16. The number of amides is 2. The van der Waals surface area contributed by atoms with E-state index in [0.717, 1.165) is 37.4 Å². The van der Waals surface area contributed by atoms with Gasteiger partial charge in [0.15, 0.2) is 0 Å². The molecule has 0 radical (unpaired) electrons. The third kappa shape index (κ3) is 5.46. The number of aryl methyl sites for hydroxylation is 2. The van der Waals surface area contributed by atoms with Crippen molar-refractivity contribution in [2.45, 2.75) is 33.7 Å². The highest BCUT2D eigenvalue weighted by Crippen LogP contribution is 2.13. The minimum atomic E-state index is -0.188. The molecule has 1 fully saturated rings. The Balaban J connectivity index is 1.88. The number of carbonyl (C=O) groups is 1. The van der Waals surface area contributed by atoms with Gasteiger partial charge in [0, 0.05) is 44.5 Å². The van der Waals surface area contributed by atoms with Crippen molar-refractivity contribution in [3.63, 3.8) is 0 Å². The zero-order chi connectivity index (χ0) is 17.7. The smallest absolute Gasteiger partial charge is 0.320 e. The fourth-order valence-electron chi connectivity index (χ4n) is 3.20. The van der Waals surface area contributed by atoms with Crippen LogP contribution in [0.5, 0.6) is 0 Å². The number of urea groups is 1. The van der Waals surface area contributed by atoms with E-state index in [9.17, 15) is 4.79 Å². The summed E-state index contributed by atoms with van der Waals surface area (Å²) in [5, 5.41) is 5.85. The Morgan fingerprint density at radius 1 is 1.21 bits per heavy atom. The van der Waals surface area contributed by atoms with Crippen LogP contribution in [0.25, 0.3) is 0 Å². The lowest BCUT2D eigenvalue weighted by atomic mass is 10.0. The van der Waals surface area contributed by atoms with E-state index in [-0.39, 0.29) is 6.03 Å².